The third kappa shape index (κ3) is 2.11. The first-order valence-electron chi connectivity index (χ1n) is 6.07. The lowest BCUT2D eigenvalue weighted by molar-refractivity contribution is 0.240. The molecule has 0 N–H and O–H groups in total. The van der Waals surface area contributed by atoms with Gasteiger partial charge in [0.2, 0.25) is 0 Å². The summed E-state index contributed by atoms with van der Waals surface area (Å²) in [6.45, 7) is 3.19. The average molecular weight is 227 g/mol. The van der Waals surface area contributed by atoms with E-state index in [1.54, 1.807) is 0 Å². The van der Waals surface area contributed by atoms with E-state index in [4.69, 9.17) is 0 Å². The van der Waals surface area contributed by atoms with E-state index >= 15 is 0 Å². The number of rotatable bonds is 2. The number of imidazole rings is 1. The van der Waals surface area contributed by atoms with Crippen LogP contribution in [0.4, 0.5) is 0 Å². The molecule has 0 unspecified atom stereocenters. The topological polar surface area (TPSA) is 21.1 Å². The standard InChI is InChI=1S/C14H17N3/c1-16-11-15-8-14(16)10-17-7-6-12-4-2-3-5-13(12)9-17/h2-5,8,11H,6-7,9-10H2,1H3. The summed E-state index contributed by atoms with van der Waals surface area (Å²) in [5.41, 5.74) is 4.26. The zero-order chi connectivity index (χ0) is 11.7. The van der Waals surface area contributed by atoms with E-state index in [-0.39, 0.29) is 0 Å². The van der Waals surface area contributed by atoms with Crippen LogP contribution < -0.4 is 0 Å². The summed E-state index contributed by atoms with van der Waals surface area (Å²) in [7, 11) is 2.06. The summed E-state index contributed by atoms with van der Waals surface area (Å²) < 4.78 is 2.10. The summed E-state index contributed by atoms with van der Waals surface area (Å²) >= 11 is 0. The minimum absolute atomic E-state index is 0.991. The molecule has 3 rings (SSSR count). The van der Waals surface area contributed by atoms with E-state index in [9.17, 15) is 0 Å². The molecule has 0 amide bonds. The summed E-state index contributed by atoms with van der Waals surface area (Å²) in [6, 6.07) is 8.75. The van der Waals surface area contributed by atoms with Crippen LogP contribution in [0.1, 0.15) is 16.8 Å². The molecule has 0 radical (unpaired) electrons. The average Bonchev–Trinajstić information content (AvgIpc) is 2.75. The van der Waals surface area contributed by atoms with Crippen molar-refractivity contribution in [3.8, 4) is 0 Å². The van der Waals surface area contributed by atoms with Gasteiger partial charge in [-0.2, -0.15) is 0 Å². The van der Waals surface area contributed by atoms with Crippen LogP contribution in [0.5, 0.6) is 0 Å². The lowest BCUT2D eigenvalue weighted by atomic mass is 10.00. The number of hydrogen-bond acceptors (Lipinski definition) is 2. The van der Waals surface area contributed by atoms with Crippen molar-refractivity contribution in [3.05, 3.63) is 53.6 Å². The molecule has 1 aliphatic rings. The highest BCUT2D eigenvalue weighted by molar-refractivity contribution is 5.29. The van der Waals surface area contributed by atoms with Crippen LogP contribution in [-0.4, -0.2) is 21.0 Å². The first kappa shape index (κ1) is 10.5. The summed E-state index contributed by atoms with van der Waals surface area (Å²) in [6.07, 6.45) is 4.99. The van der Waals surface area contributed by atoms with Gasteiger partial charge in [0.05, 0.1) is 12.0 Å². The second kappa shape index (κ2) is 4.34. The number of benzene rings is 1. The Morgan fingerprint density at radius 1 is 1.24 bits per heavy atom. The molecule has 3 heteroatoms. The molecule has 0 bridgehead atoms. The zero-order valence-electron chi connectivity index (χ0n) is 10.1. The summed E-state index contributed by atoms with van der Waals surface area (Å²) in [5.74, 6) is 0. The van der Waals surface area contributed by atoms with E-state index in [0.717, 1.165) is 26.1 Å². The molecule has 1 aliphatic heterocycles. The molecule has 17 heavy (non-hydrogen) atoms. The van der Waals surface area contributed by atoms with E-state index in [1.165, 1.54) is 16.8 Å². The SMILES string of the molecule is Cn1cncc1CN1CCc2ccccc2C1. The smallest absolute Gasteiger partial charge is 0.0945 e. The van der Waals surface area contributed by atoms with Crippen LogP contribution in [0.3, 0.4) is 0 Å². The molecule has 0 atom stereocenters. The normalized spacial score (nSPS) is 15.8. The minimum Gasteiger partial charge on any atom is -0.337 e. The monoisotopic (exact) mass is 227 g/mol. The molecule has 1 aromatic heterocycles. The molecular formula is C14H17N3. The lowest BCUT2D eigenvalue weighted by Crippen LogP contribution is -2.30. The Kier molecular flexibility index (Phi) is 2.69. The van der Waals surface area contributed by atoms with Crippen LogP contribution in [0.15, 0.2) is 36.8 Å². The summed E-state index contributed by atoms with van der Waals surface area (Å²) in [5, 5.41) is 0. The maximum absolute atomic E-state index is 4.17. The Morgan fingerprint density at radius 2 is 2.06 bits per heavy atom. The molecule has 0 saturated carbocycles. The number of aryl methyl sites for hydroxylation is 1. The van der Waals surface area contributed by atoms with Gasteiger partial charge in [0.15, 0.2) is 0 Å². The first-order chi connectivity index (χ1) is 8.33. The van der Waals surface area contributed by atoms with Crippen molar-refractivity contribution in [2.24, 2.45) is 7.05 Å². The van der Waals surface area contributed by atoms with Crippen LogP contribution in [0.2, 0.25) is 0 Å². The van der Waals surface area contributed by atoms with Crippen molar-refractivity contribution in [2.75, 3.05) is 6.54 Å². The van der Waals surface area contributed by atoms with Gasteiger partial charge in [0.1, 0.15) is 0 Å². The molecule has 3 nitrogen and oxygen atoms in total. The van der Waals surface area contributed by atoms with Gasteiger partial charge in [-0.25, -0.2) is 4.98 Å². The third-order valence-electron chi connectivity index (χ3n) is 3.51. The number of hydrogen-bond donors (Lipinski definition) is 0. The van der Waals surface area contributed by atoms with Crippen molar-refractivity contribution in [3.63, 3.8) is 0 Å². The van der Waals surface area contributed by atoms with E-state index < -0.39 is 0 Å². The van der Waals surface area contributed by atoms with Gasteiger partial charge in [-0.3, -0.25) is 4.90 Å². The second-order valence-electron chi connectivity index (χ2n) is 4.73. The summed E-state index contributed by atoms with van der Waals surface area (Å²) in [4.78, 5) is 6.65. The predicted molar refractivity (Wildman–Crippen MR) is 67.5 cm³/mol. The van der Waals surface area contributed by atoms with Crippen LogP contribution in [0.25, 0.3) is 0 Å². The molecule has 0 spiro atoms. The number of nitrogens with zero attached hydrogens (tertiary/aromatic N) is 3. The van der Waals surface area contributed by atoms with E-state index in [1.807, 2.05) is 12.5 Å². The quantitative estimate of drug-likeness (QED) is 0.782. The molecule has 1 aromatic carbocycles. The maximum atomic E-state index is 4.17. The highest BCUT2D eigenvalue weighted by atomic mass is 15.2. The van der Waals surface area contributed by atoms with Crippen LogP contribution in [-0.2, 0) is 26.6 Å². The van der Waals surface area contributed by atoms with Gasteiger partial charge in [-0.15, -0.1) is 0 Å². The Morgan fingerprint density at radius 3 is 2.82 bits per heavy atom. The molecule has 0 aliphatic carbocycles. The van der Waals surface area contributed by atoms with Crippen LogP contribution >= 0.6 is 0 Å². The molecule has 88 valence electrons. The van der Waals surface area contributed by atoms with Crippen molar-refractivity contribution >= 4 is 0 Å². The van der Waals surface area contributed by atoms with Crippen molar-refractivity contribution in [1.82, 2.24) is 14.5 Å². The van der Waals surface area contributed by atoms with Crippen LogP contribution in [0, 0.1) is 0 Å². The van der Waals surface area contributed by atoms with E-state index in [2.05, 4.69) is 45.8 Å². The van der Waals surface area contributed by atoms with Gasteiger partial charge in [0.25, 0.3) is 0 Å². The van der Waals surface area contributed by atoms with Crippen molar-refractivity contribution in [2.45, 2.75) is 19.5 Å². The van der Waals surface area contributed by atoms with Crippen molar-refractivity contribution < 1.29 is 0 Å². The number of aromatic nitrogens is 2. The Bertz CT molecular complexity index is 516. The Hall–Kier alpha value is -1.61. The number of fused-ring (bicyclic) bond motifs is 1. The largest absolute Gasteiger partial charge is 0.337 e. The van der Waals surface area contributed by atoms with E-state index in [0.29, 0.717) is 0 Å². The molecule has 0 fully saturated rings. The lowest BCUT2D eigenvalue weighted by Gasteiger charge is -2.28. The molecule has 0 saturated heterocycles. The first-order valence-corrected chi connectivity index (χ1v) is 6.07. The van der Waals surface area contributed by atoms with Gasteiger partial charge >= 0.3 is 0 Å². The fourth-order valence-corrected chi connectivity index (χ4v) is 2.46. The zero-order valence-corrected chi connectivity index (χ0v) is 10.1. The van der Waals surface area contributed by atoms with Gasteiger partial charge in [0, 0.05) is 32.9 Å². The second-order valence-corrected chi connectivity index (χ2v) is 4.73. The molecule has 2 heterocycles. The highest BCUT2D eigenvalue weighted by Crippen LogP contribution is 2.19. The van der Waals surface area contributed by atoms with Gasteiger partial charge in [-0.05, 0) is 17.5 Å². The fraction of sp³-hybridized carbons (Fsp3) is 0.357. The molecular weight excluding hydrogens is 210 g/mol. The van der Waals surface area contributed by atoms with Gasteiger partial charge in [-0.1, -0.05) is 24.3 Å². The third-order valence-corrected chi connectivity index (χ3v) is 3.51. The Balaban J connectivity index is 1.74. The predicted octanol–water partition coefficient (Wildman–Crippen LogP) is 1.98. The molecule has 2 aromatic rings. The maximum Gasteiger partial charge on any atom is 0.0945 e. The minimum atomic E-state index is 0.991. The highest BCUT2D eigenvalue weighted by Gasteiger charge is 2.16. The van der Waals surface area contributed by atoms with Gasteiger partial charge < -0.3 is 4.57 Å². The van der Waals surface area contributed by atoms with Crippen molar-refractivity contribution in [1.29, 1.82) is 0 Å². The fourth-order valence-electron chi connectivity index (χ4n) is 2.46. The Labute approximate surface area is 102 Å².